The summed E-state index contributed by atoms with van der Waals surface area (Å²) in [6, 6.07) is 15.7. The number of anilines is 1. The molecule has 7 heteroatoms. The van der Waals surface area contributed by atoms with E-state index in [0.717, 1.165) is 47.1 Å². The Balaban J connectivity index is 1.05. The lowest BCUT2D eigenvalue weighted by Crippen LogP contribution is -2.53. The first-order valence-electron chi connectivity index (χ1n) is 15.0. The van der Waals surface area contributed by atoms with Gasteiger partial charge < -0.3 is 30.5 Å². The van der Waals surface area contributed by atoms with Gasteiger partial charge in [-0.2, -0.15) is 0 Å². The van der Waals surface area contributed by atoms with Crippen LogP contribution in [-0.4, -0.2) is 67.7 Å². The number of ether oxygens (including phenoxy) is 1. The predicted molar refractivity (Wildman–Crippen MR) is 161 cm³/mol. The van der Waals surface area contributed by atoms with Crippen LogP contribution in [0, 0.1) is 18.8 Å². The third kappa shape index (κ3) is 5.77. The fraction of sp³-hybridized carbons (Fsp3) is 0.485. The maximum atomic E-state index is 13.1. The lowest BCUT2D eigenvalue weighted by molar-refractivity contribution is -0.125. The van der Waals surface area contributed by atoms with Crippen LogP contribution in [0.4, 0.5) is 5.69 Å². The number of likely N-dealkylation sites (tertiary alicyclic amines) is 2. The second kappa shape index (κ2) is 12.1. The van der Waals surface area contributed by atoms with E-state index in [9.17, 15) is 4.79 Å². The van der Waals surface area contributed by atoms with E-state index in [1.807, 2.05) is 24.5 Å². The van der Waals surface area contributed by atoms with Gasteiger partial charge >= 0.3 is 0 Å². The highest BCUT2D eigenvalue weighted by molar-refractivity contribution is 5.90. The Bertz CT molecular complexity index is 1240. The van der Waals surface area contributed by atoms with Crippen LogP contribution in [-0.2, 0) is 11.2 Å². The Hall–Kier alpha value is -3.29. The summed E-state index contributed by atoms with van der Waals surface area (Å²) in [5.41, 5.74) is 5.76. The molecular formula is C33H43N5O2. The molecule has 3 N–H and O–H groups in total. The van der Waals surface area contributed by atoms with E-state index in [-0.39, 0.29) is 23.9 Å². The van der Waals surface area contributed by atoms with Gasteiger partial charge in [0.2, 0.25) is 5.91 Å². The Morgan fingerprint density at radius 2 is 1.80 bits per heavy atom. The highest BCUT2D eigenvalue weighted by Gasteiger charge is 2.41. The number of amides is 1. The van der Waals surface area contributed by atoms with Crippen LogP contribution in [0.15, 0.2) is 60.9 Å². The molecular weight excluding hydrogens is 498 g/mol. The van der Waals surface area contributed by atoms with E-state index < -0.39 is 0 Å². The van der Waals surface area contributed by atoms with Gasteiger partial charge in [0.05, 0.1) is 13.0 Å². The van der Waals surface area contributed by atoms with Crippen molar-refractivity contribution in [1.29, 1.82) is 0 Å². The molecule has 2 aromatic rings. The number of fused-ring (bicyclic) bond motifs is 1. The Labute approximate surface area is 238 Å². The summed E-state index contributed by atoms with van der Waals surface area (Å²) in [7, 11) is 1.68. The molecule has 2 saturated heterocycles. The number of nitrogens with zero attached hydrogens (tertiary/aromatic N) is 2. The van der Waals surface area contributed by atoms with Crippen molar-refractivity contribution in [2.75, 3.05) is 45.2 Å². The van der Waals surface area contributed by atoms with Crippen LogP contribution in [0.2, 0.25) is 0 Å². The monoisotopic (exact) mass is 541 g/mol. The van der Waals surface area contributed by atoms with Crippen molar-refractivity contribution in [3.63, 3.8) is 0 Å². The van der Waals surface area contributed by atoms with Crippen LogP contribution in [0.1, 0.15) is 42.4 Å². The predicted octanol–water partition coefficient (Wildman–Crippen LogP) is 4.36. The number of carbonyl (C=O) groups excluding carboxylic acids is 1. The number of nitrogens with one attached hydrogen (secondary N) is 3. The molecule has 2 aromatic carbocycles. The smallest absolute Gasteiger partial charge is 0.231 e. The topological polar surface area (TPSA) is 68.9 Å². The second-order valence-corrected chi connectivity index (χ2v) is 11.8. The van der Waals surface area contributed by atoms with Gasteiger partial charge in [0.25, 0.3) is 0 Å². The van der Waals surface area contributed by atoms with Crippen LogP contribution in [0.5, 0.6) is 5.75 Å². The molecule has 3 unspecified atom stereocenters. The molecule has 4 heterocycles. The molecule has 4 aliphatic rings. The number of piperidine rings is 1. The number of rotatable bonds is 8. The van der Waals surface area contributed by atoms with E-state index in [2.05, 4.69) is 69.1 Å². The molecule has 2 fully saturated rings. The normalized spacial score (nSPS) is 25.6. The first kappa shape index (κ1) is 26.9. The van der Waals surface area contributed by atoms with Crippen molar-refractivity contribution in [2.24, 2.45) is 11.8 Å². The fourth-order valence-electron chi connectivity index (χ4n) is 6.97. The van der Waals surface area contributed by atoms with Gasteiger partial charge in [0.1, 0.15) is 11.9 Å². The molecule has 0 radical (unpaired) electrons. The van der Waals surface area contributed by atoms with Gasteiger partial charge in [-0.1, -0.05) is 24.3 Å². The minimum atomic E-state index is -0.269. The maximum absolute atomic E-state index is 13.1. The summed E-state index contributed by atoms with van der Waals surface area (Å²) in [6.07, 6.45) is 12.2. The molecule has 4 aliphatic heterocycles. The van der Waals surface area contributed by atoms with Crippen LogP contribution < -0.4 is 20.7 Å². The lowest BCUT2D eigenvalue weighted by atomic mass is 9.76. The molecule has 0 aromatic heterocycles. The van der Waals surface area contributed by atoms with Gasteiger partial charge in [-0.15, -0.1) is 0 Å². The molecule has 0 aliphatic carbocycles. The summed E-state index contributed by atoms with van der Waals surface area (Å²) in [5.74, 6) is 0.576. The summed E-state index contributed by atoms with van der Waals surface area (Å²) in [4.78, 5) is 18.4. The molecule has 0 bridgehead atoms. The number of benzene rings is 2. The standard InChI is InChI=1S/C33H43N5O2/c1-23-21-27(40-2)9-10-28(23)30-22-35-33(39)31-29(30)11-15-34-32(31)36-25-7-5-24(6-8-25)12-18-37-19-13-26(14-20-37)38-16-3-4-17-38/h5-11,15,21-22,26,29,31-32,34,36H,3-4,12-14,16-20H2,1-2H3,(H,35,39). The van der Waals surface area contributed by atoms with Crippen molar-refractivity contribution in [3.8, 4) is 5.75 Å². The zero-order valence-corrected chi connectivity index (χ0v) is 23.9. The SMILES string of the molecule is COc1ccc(C2=CNC(=O)C3C(Nc4ccc(CCN5CCC(N6CCCC6)CC5)cc4)NC=CC23)c(C)c1. The Morgan fingerprint density at radius 1 is 1.02 bits per heavy atom. The average Bonchev–Trinajstić information content (AvgIpc) is 3.53. The number of carbonyl (C=O) groups is 1. The molecule has 7 nitrogen and oxygen atoms in total. The molecule has 6 rings (SSSR count). The number of hydrogen-bond acceptors (Lipinski definition) is 6. The third-order valence-corrected chi connectivity index (χ3v) is 9.31. The Kier molecular flexibility index (Phi) is 8.12. The molecule has 212 valence electrons. The van der Waals surface area contributed by atoms with Gasteiger partial charge in [0, 0.05) is 30.4 Å². The zero-order chi connectivity index (χ0) is 27.5. The molecule has 40 heavy (non-hydrogen) atoms. The molecule has 3 atom stereocenters. The van der Waals surface area contributed by atoms with Crippen LogP contribution in [0.3, 0.4) is 0 Å². The number of methoxy groups -OCH3 is 1. The fourth-order valence-corrected chi connectivity index (χ4v) is 6.97. The Morgan fingerprint density at radius 3 is 2.52 bits per heavy atom. The maximum Gasteiger partial charge on any atom is 0.231 e. The molecule has 1 amide bonds. The van der Waals surface area contributed by atoms with Gasteiger partial charge in [-0.05, 0) is 118 Å². The summed E-state index contributed by atoms with van der Waals surface area (Å²) in [5, 5.41) is 10.0. The van der Waals surface area contributed by atoms with Gasteiger partial charge in [-0.25, -0.2) is 0 Å². The highest BCUT2D eigenvalue weighted by atomic mass is 16.5. The average molecular weight is 542 g/mol. The minimum absolute atomic E-state index is 0.0199. The van der Waals surface area contributed by atoms with E-state index in [0.29, 0.717) is 0 Å². The largest absolute Gasteiger partial charge is 0.497 e. The first-order valence-corrected chi connectivity index (χ1v) is 15.0. The number of aryl methyl sites for hydroxylation is 1. The lowest BCUT2D eigenvalue weighted by Gasteiger charge is -2.39. The van der Waals surface area contributed by atoms with Crippen LogP contribution in [0.25, 0.3) is 5.57 Å². The van der Waals surface area contributed by atoms with E-state index in [1.54, 1.807) is 7.11 Å². The van der Waals surface area contributed by atoms with Crippen molar-refractivity contribution >= 4 is 17.2 Å². The van der Waals surface area contributed by atoms with E-state index >= 15 is 0 Å². The van der Waals surface area contributed by atoms with Crippen LogP contribution >= 0.6 is 0 Å². The molecule has 0 spiro atoms. The van der Waals surface area contributed by atoms with Crippen molar-refractivity contribution in [2.45, 2.75) is 51.2 Å². The van der Waals surface area contributed by atoms with E-state index in [1.165, 1.54) is 57.4 Å². The van der Waals surface area contributed by atoms with Gasteiger partial charge in [0.15, 0.2) is 0 Å². The van der Waals surface area contributed by atoms with Crippen molar-refractivity contribution in [3.05, 3.63) is 77.6 Å². The first-order chi connectivity index (χ1) is 19.6. The van der Waals surface area contributed by atoms with Crippen molar-refractivity contribution in [1.82, 2.24) is 20.4 Å². The van der Waals surface area contributed by atoms with Gasteiger partial charge in [-0.3, -0.25) is 4.79 Å². The highest BCUT2D eigenvalue weighted by Crippen LogP contribution is 2.39. The zero-order valence-electron chi connectivity index (χ0n) is 23.9. The van der Waals surface area contributed by atoms with Crippen molar-refractivity contribution < 1.29 is 9.53 Å². The second-order valence-electron chi connectivity index (χ2n) is 11.8. The summed E-state index contributed by atoms with van der Waals surface area (Å²) >= 11 is 0. The third-order valence-electron chi connectivity index (χ3n) is 9.31. The molecule has 0 saturated carbocycles. The minimum Gasteiger partial charge on any atom is -0.497 e. The summed E-state index contributed by atoms with van der Waals surface area (Å²) in [6.45, 7) is 8.27. The quantitative estimate of drug-likeness (QED) is 0.461. The number of hydrogen-bond donors (Lipinski definition) is 3. The number of allylic oxidation sites excluding steroid dienone is 2. The summed E-state index contributed by atoms with van der Waals surface area (Å²) < 4.78 is 5.39. The van der Waals surface area contributed by atoms with E-state index in [4.69, 9.17) is 4.74 Å².